The van der Waals surface area contributed by atoms with Crippen molar-refractivity contribution in [1.82, 2.24) is 10.3 Å². The number of ether oxygens (including phenoxy) is 2. The second kappa shape index (κ2) is 6.42. The molecule has 1 spiro atoms. The van der Waals surface area contributed by atoms with Crippen LogP contribution in [0.15, 0.2) is 18.5 Å². The van der Waals surface area contributed by atoms with Gasteiger partial charge in [-0.1, -0.05) is 6.42 Å². The Bertz CT molecular complexity index is 472. The van der Waals surface area contributed by atoms with E-state index in [-0.39, 0.29) is 17.9 Å². The largest absolute Gasteiger partial charge is 0.347 e. The van der Waals surface area contributed by atoms with Gasteiger partial charge >= 0.3 is 0 Å². The Morgan fingerprint density at radius 3 is 2.95 bits per heavy atom. The molecule has 0 bridgehead atoms. The molecule has 1 saturated heterocycles. The van der Waals surface area contributed by atoms with E-state index in [1.807, 2.05) is 12.4 Å². The maximum atomic E-state index is 6.21. The van der Waals surface area contributed by atoms with Crippen molar-refractivity contribution < 1.29 is 9.47 Å². The van der Waals surface area contributed by atoms with Gasteiger partial charge in [0.25, 0.3) is 0 Å². The molecular weight excluding hydrogens is 264 g/mol. The van der Waals surface area contributed by atoms with Gasteiger partial charge in [-0.05, 0) is 43.9 Å². The number of nitrogens with one attached hydrogen (secondary N) is 1. The van der Waals surface area contributed by atoms with E-state index in [1.54, 1.807) is 0 Å². The molecule has 3 rings (SSSR count). The molecule has 2 atom stereocenters. The molecule has 21 heavy (non-hydrogen) atoms. The number of nitrogens with zero attached hydrogens (tertiary/aromatic N) is 1. The first-order chi connectivity index (χ1) is 10.2. The summed E-state index contributed by atoms with van der Waals surface area (Å²) in [5, 5.41) is 3.56. The molecule has 1 aromatic rings. The number of rotatable bonds is 4. The lowest BCUT2D eigenvalue weighted by molar-refractivity contribution is -0.186. The smallest absolute Gasteiger partial charge is 0.168 e. The van der Waals surface area contributed by atoms with Crippen LogP contribution in [0, 0.1) is 6.92 Å². The predicted molar refractivity (Wildman–Crippen MR) is 82.0 cm³/mol. The van der Waals surface area contributed by atoms with Crippen LogP contribution in [0.1, 0.15) is 56.2 Å². The number of hydrogen-bond acceptors (Lipinski definition) is 4. The highest BCUT2D eigenvalue weighted by Crippen LogP contribution is 2.37. The highest BCUT2D eigenvalue weighted by molar-refractivity contribution is 5.24. The standard InChI is InChI=1S/C17H26N2O2/c1-13-6-9-18-11-16(13)14(2)19-10-15-12-20-17(21-15)7-4-3-5-8-17/h6,9,11,14-15,19H,3-5,7-8,10,12H2,1-2H3/t14-,15-/m0/s1. The summed E-state index contributed by atoms with van der Waals surface area (Å²) in [7, 11) is 0. The molecule has 0 amide bonds. The van der Waals surface area contributed by atoms with Gasteiger partial charge in [0.15, 0.2) is 5.79 Å². The molecule has 2 heterocycles. The minimum atomic E-state index is -0.266. The predicted octanol–water partition coefficient (Wildman–Crippen LogP) is 3.12. The van der Waals surface area contributed by atoms with Gasteiger partial charge in [-0.15, -0.1) is 0 Å². The molecule has 0 unspecified atom stereocenters. The normalized spacial score (nSPS) is 26.1. The van der Waals surface area contributed by atoms with Crippen molar-refractivity contribution in [2.24, 2.45) is 0 Å². The molecule has 0 radical (unpaired) electrons. The Morgan fingerprint density at radius 1 is 1.38 bits per heavy atom. The van der Waals surface area contributed by atoms with Crippen LogP contribution in [0.4, 0.5) is 0 Å². The highest BCUT2D eigenvalue weighted by atomic mass is 16.7. The minimum absolute atomic E-state index is 0.169. The third kappa shape index (κ3) is 3.44. The van der Waals surface area contributed by atoms with E-state index in [0.717, 1.165) is 19.4 Å². The molecule has 1 N–H and O–H groups in total. The number of hydrogen-bond donors (Lipinski definition) is 1. The van der Waals surface area contributed by atoms with E-state index < -0.39 is 0 Å². The van der Waals surface area contributed by atoms with Crippen molar-refractivity contribution in [3.8, 4) is 0 Å². The van der Waals surface area contributed by atoms with Crippen molar-refractivity contribution >= 4 is 0 Å². The van der Waals surface area contributed by atoms with Crippen LogP contribution in [0.25, 0.3) is 0 Å². The lowest BCUT2D eigenvalue weighted by atomic mass is 9.94. The molecule has 0 aromatic carbocycles. The number of aromatic nitrogens is 1. The van der Waals surface area contributed by atoms with Gasteiger partial charge in [0.1, 0.15) is 0 Å². The first-order valence-electron chi connectivity index (χ1n) is 8.14. The Morgan fingerprint density at radius 2 is 2.19 bits per heavy atom. The SMILES string of the molecule is Cc1ccncc1[C@H](C)NC[C@H]1COC2(CCCCC2)O1. The fourth-order valence-electron chi connectivity index (χ4n) is 3.42. The highest BCUT2D eigenvalue weighted by Gasteiger charge is 2.42. The van der Waals surface area contributed by atoms with Crippen molar-refractivity contribution in [3.63, 3.8) is 0 Å². The van der Waals surface area contributed by atoms with Crippen LogP contribution in [0.2, 0.25) is 0 Å². The van der Waals surface area contributed by atoms with E-state index in [0.29, 0.717) is 6.61 Å². The van der Waals surface area contributed by atoms with E-state index in [4.69, 9.17) is 9.47 Å². The second-order valence-corrected chi connectivity index (χ2v) is 6.38. The molecule has 1 saturated carbocycles. The quantitative estimate of drug-likeness (QED) is 0.925. The van der Waals surface area contributed by atoms with E-state index in [1.165, 1.54) is 30.4 Å². The van der Waals surface area contributed by atoms with Gasteiger partial charge in [-0.2, -0.15) is 0 Å². The van der Waals surface area contributed by atoms with Crippen LogP contribution >= 0.6 is 0 Å². The molecule has 4 heteroatoms. The summed E-state index contributed by atoms with van der Waals surface area (Å²) >= 11 is 0. The summed E-state index contributed by atoms with van der Waals surface area (Å²) in [6, 6.07) is 2.34. The zero-order chi connectivity index (χ0) is 14.7. The lowest BCUT2D eigenvalue weighted by Crippen LogP contribution is -2.36. The lowest BCUT2D eigenvalue weighted by Gasteiger charge is -2.31. The summed E-state index contributed by atoms with van der Waals surface area (Å²) in [5.41, 5.74) is 2.53. The zero-order valence-electron chi connectivity index (χ0n) is 13.1. The molecule has 1 aromatic heterocycles. The van der Waals surface area contributed by atoms with Crippen molar-refractivity contribution in [2.75, 3.05) is 13.2 Å². The van der Waals surface area contributed by atoms with Gasteiger partial charge < -0.3 is 14.8 Å². The fourth-order valence-corrected chi connectivity index (χ4v) is 3.42. The summed E-state index contributed by atoms with van der Waals surface area (Å²) in [6.07, 6.45) is 9.84. The van der Waals surface area contributed by atoms with Gasteiger partial charge in [0, 0.05) is 37.8 Å². The molecule has 2 fully saturated rings. The van der Waals surface area contributed by atoms with Crippen molar-refractivity contribution in [1.29, 1.82) is 0 Å². The average molecular weight is 290 g/mol. The fraction of sp³-hybridized carbons (Fsp3) is 0.706. The summed E-state index contributed by atoms with van der Waals surface area (Å²) in [4.78, 5) is 4.22. The monoisotopic (exact) mass is 290 g/mol. The van der Waals surface area contributed by atoms with Crippen LogP contribution in [0.5, 0.6) is 0 Å². The van der Waals surface area contributed by atoms with Gasteiger partial charge in [0.2, 0.25) is 0 Å². The third-order valence-corrected chi connectivity index (χ3v) is 4.73. The first-order valence-corrected chi connectivity index (χ1v) is 8.14. The maximum Gasteiger partial charge on any atom is 0.168 e. The maximum absolute atomic E-state index is 6.21. The average Bonchev–Trinajstić information content (AvgIpc) is 2.89. The molecule has 1 aliphatic carbocycles. The Balaban J connectivity index is 1.51. The minimum Gasteiger partial charge on any atom is -0.347 e. The molecule has 4 nitrogen and oxygen atoms in total. The summed E-state index contributed by atoms with van der Waals surface area (Å²) < 4.78 is 12.2. The molecular formula is C17H26N2O2. The summed E-state index contributed by atoms with van der Waals surface area (Å²) in [5.74, 6) is -0.266. The van der Waals surface area contributed by atoms with Crippen molar-refractivity contribution in [3.05, 3.63) is 29.6 Å². The second-order valence-electron chi connectivity index (χ2n) is 6.38. The van der Waals surface area contributed by atoms with E-state index >= 15 is 0 Å². The zero-order valence-corrected chi connectivity index (χ0v) is 13.1. The third-order valence-electron chi connectivity index (χ3n) is 4.73. The van der Waals surface area contributed by atoms with Crippen LogP contribution < -0.4 is 5.32 Å². The van der Waals surface area contributed by atoms with Crippen LogP contribution in [0.3, 0.4) is 0 Å². The summed E-state index contributed by atoms with van der Waals surface area (Å²) in [6.45, 7) is 5.85. The van der Waals surface area contributed by atoms with Crippen LogP contribution in [-0.4, -0.2) is 30.0 Å². The van der Waals surface area contributed by atoms with E-state index in [2.05, 4.69) is 30.2 Å². The van der Waals surface area contributed by atoms with Crippen molar-refractivity contribution in [2.45, 2.75) is 63.9 Å². The number of aryl methyl sites for hydroxylation is 1. The van der Waals surface area contributed by atoms with Crippen LogP contribution in [-0.2, 0) is 9.47 Å². The van der Waals surface area contributed by atoms with Gasteiger partial charge in [-0.25, -0.2) is 0 Å². The number of pyridine rings is 1. The molecule has 116 valence electrons. The van der Waals surface area contributed by atoms with Gasteiger partial charge in [-0.3, -0.25) is 4.98 Å². The topological polar surface area (TPSA) is 43.4 Å². The first kappa shape index (κ1) is 14.9. The van der Waals surface area contributed by atoms with Gasteiger partial charge in [0.05, 0.1) is 12.7 Å². The molecule has 2 aliphatic rings. The Labute approximate surface area is 127 Å². The Kier molecular flexibility index (Phi) is 4.57. The Hall–Kier alpha value is -0.970. The molecule has 1 aliphatic heterocycles. The van der Waals surface area contributed by atoms with E-state index in [9.17, 15) is 0 Å².